The van der Waals surface area contributed by atoms with E-state index in [1.54, 1.807) is 4.90 Å². The summed E-state index contributed by atoms with van der Waals surface area (Å²) in [6.07, 6.45) is -0.792. The van der Waals surface area contributed by atoms with Gasteiger partial charge in [-0.25, -0.2) is 4.79 Å². The maximum atomic E-state index is 12.1. The van der Waals surface area contributed by atoms with Crippen molar-refractivity contribution in [2.75, 3.05) is 19.7 Å². The van der Waals surface area contributed by atoms with Crippen molar-refractivity contribution in [3.8, 4) is 0 Å². The summed E-state index contributed by atoms with van der Waals surface area (Å²) in [5, 5.41) is 9.30. The minimum atomic E-state index is -0.513. The Morgan fingerprint density at radius 1 is 1.26 bits per heavy atom. The molecule has 0 aromatic rings. The van der Waals surface area contributed by atoms with Crippen LogP contribution in [0.25, 0.3) is 0 Å². The predicted molar refractivity (Wildman–Crippen MR) is 73.0 cm³/mol. The Hall–Kier alpha value is -0.810. The van der Waals surface area contributed by atoms with Gasteiger partial charge in [-0.3, -0.25) is 0 Å². The number of carbonyl (C=O) groups is 1. The first-order valence-electron chi connectivity index (χ1n) is 6.77. The van der Waals surface area contributed by atoms with Crippen LogP contribution in [0.3, 0.4) is 0 Å². The number of nitrogens with zero attached hydrogens (tertiary/aromatic N) is 1. The minimum absolute atomic E-state index is 0.0892. The summed E-state index contributed by atoms with van der Waals surface area (Å²) in [5.41, 5.74) is -0.602. The van der Waals surface area contributed by atoms with Gasteiger partial charge in [-0.05, 0) is 26.2 Å². The monoisotopic (exact) mass is 273 g/mol. The number of rotatable bonds is 1. The molecule has 0 aromatic carbocycles. The zero-order valence-electron chi connectivity index (χ0n) is 12.9. The third kappa shape index (κ3) is 4.99. The number of morpholine rings is 1. The van der Waals surface area contributed by atoms with Crippen molar-refractivity contribution in [2.45, 2.75) is 59.4 Å². The summed E-state index contributed by atoms with van der Waals surface area (Å²) in [4.78, 5) is 13.7. The molecular weight excluding hydrogens is 246 g/mol. The highest BCUT2D eigenvalue weighted by Crippen LogP contribution is 2.28. The second-order valence-electron chi connectivity index (χ2n) is 7.18. The minimum Gasteiger partial charge on any atom is -0.444 e. The molecule has 0 saturated carbocycles. The van der Waals surface area contributed by atoms with Gasteiger partial charge in [0.15, 0.2) is 0 Å². The first-order chi connectivity index (χ1) is 8.53. The second-order valence-corrected chi connectivity index (χ2v) is 7.18. The first kappa shape index (κ1) is 16.2. The summed E-state index contributed by atoms with van der Waals surface area (Å²) in [6.45, 7) is 12.5. The number of hydrogen-bond donors (Lipinski definition) is 1. The van der Waals surface area contributed by atoms with Gasteiger partial charge in [-0.15, -0.1) is 0 Å². The van der Waals surface area contributed by atoms with E-state index in [4.69, 9.17) is 9.47 Å². The Labute approximate surface area is 115 Å². The van der Waals surface area contributed by atoms with Crippen LogP contribution in [0, 0.1) is 5.41 Å². The summed E-state index contributed by atoms with van der Waals surface area (Å²) >= 11 is 0. The molecular formula is C14H27NO4. The molecule has 1 heterocycles. The lowest BCUT2D eigenvalue weighted by atomic mass is 9.87. The van der Waals surface area contributed by atoms with Gasteiger partial charge in [-0.1, -0.05) is 20.8 Å². The van der Waals surface area contributed by atoms with Crippen LogP contribution in [-0.4, -0.2) is 53.6 Å². The number of hydrogen-bond acceptors (Lipinski definition) is 4. The average Bonchev–Trinajstić information content (AvgIpc) is 2.25. The van der Waals surface area contributed by atoms with E-state index in [-0.39, 0.29) is 30.3 Å². The van der Waals surface area contributed by atoms with Gasteiger partial charge in [0.1, 0.15) is 5.60 Å². The molecule has 0 unspecified atom stereocenters. The molecule has 1 fully saturated rings. The SMILES string of the molecule is CC(C)(C)OC(=O)N1C[C@@H](CO)O[C@@H](C(C)(C)C)C1. The first-order valence-corrected chi connectivity index (χ1v) is 6.77. The third-order valence-corrected chi connectivity index (χ3v) is 2.99. The molecule has 1 rings (SSSR count). The number of aliphatic hydroxyl groups excluding tert-OH is 1. The summed E-state index contributed by atoms with van der Waals surface area (Å²) in [6, 6.07) is 0. The number of ether oxygens (including phenoxy) is 2. The zero-order valence-corrected chi connectivity index (χ0v) is 12.9. The summed E-state index contributed by atoms with van der Waals surface area (Å²) in [5.74, 6) is 0. The molecule has 1 amide bonds. The Morgan fingerprint density at radius 2 is 1.84 bits per heavy atom. The van der Waals surface area contributed by atoms with Gasteiger partial charge in [0.2, 0.25) is 0 Å². The van der Waals surface area contributed by atoms with Gasteiger partial charge >= 0.3 is 6.09 Å². The van der Waals surface area contributed by atoms with Crippen LogP contribution in [0.15, 0.2) is 0 Å². The molecule has 0 radical (unpaired) electrons. The van der Waals surface area contributed by atoms with Crippen LogP contribution in [0.5, 0.6) is 0 Å². The molecule has 2 atom stereocenters. The lowest BCUT2D eigenvalue weighted by molar-refractivity contribution is -0.136. The number of aliphatic hydroxyl groups is 1. The molecule has 1 aliphatic rings. The maximum Gasteiger partial charge on any atom is 0.410 e. The molecule has 5 nitrogen and oxygen atoms in total. The van der Waals surface area contributed by atoms with Crippen molar-refractivity contribution in [3.63, 3.8) is 0 Å². The summed E-state index contributed by atoms with van der Waals surface area (Å²) < 4.78 is 11.2. The van der Waals surface area contributed by atoms with Crippen LogP contribution in [0.1, 0.15) is 41.5 Å². The van der Waals surface area contributed by atoms with E-state index in [0.717, 1.165) is 0 Å². The fourth-order valence-corrected chi connectivity index (χ4v) is 1.89. The molecule has 0 bridgehead atoms. The van der Waals surface area contributed by atoms with Crippen LogP contribution in [0.4, 0.5) is 4.79 Å². The van der Waals surface area contributed by atoms with E-state index in [0.29, 0.717) is 13.1 Å². The molecule has 1 saturated heterocycles. The average molecular weight is 273 g/mol. The fraction of sp³-hybridized carbons (Fsp3) is 0.929. The van der Waals surface area contributed by atoms with Gasteiger partial charge in [0.25, 0.3) is 0 Å². The van der Waals surface area contributed by atoms with Gasteiger partial charge < -0.3 is 19.5 Å². The zero-order chi connectivity index (χ0) is 14.8. The van der Waals surface area contributed by atoms with Crippen molar-refractivity contribution in [1.82, 2.24) is 4.90 Å². The standard InChI is InChI=1S/C14H27NO4/c1-13(2,3)11-8-15(7-10(9-16)18-11)12(17)19-14(4,5)6/h10-11,16H,7-9H2,1-6H3/t10-,11+/m0/s1. The maximum absolute atomic E-state index is 12.1. The van der Waals surface area contributed by atoms with Crippen molar-refractivity contribution in [2.24, 2.45) is 5.41 Å². The highest BCUT2D eigenvalue weighted by atomic mass is 16.6. The molecule has 5 heteroatoms. The van der Waals surface area contributed by atoms with E-state index in [2.05, 4.69) is 20.8 Å². The van der Waals surface area contributed by atoms with Crippen molar-refractivity contribution < 1.29 is 19.4 Å². The molecule has 0 spiro atoms. The van der Waals surface area contributed by atoms with Crippen molar-refractivity contribution >= 4 is 6.09 Å². The predicted octanol–water partition coefficient (Wildman–Crippen LogP) is 2.03. The van der Waals surface area contributed by atoms with E-state index < -0.39 is 5.60 Å². The second kappa shape index (κ2) is 5.67. The normalized spacial score (nSPS) is 25.3. The van der Waals surface area contributed by atoms with Crippen molar-refractivity contribution in [3.05, 3.63) is 0 Å². The van der Waals surface area contributed by atoms with Crippen LogP contribution in [0.2, 0.25) is 0 Å². The van der Waals surface area contributed by atoms with E-state index >= 15 is 0 Å². The van der Waals surface area contributed by atoms with Gasteiger partial charge in [-0.2, -0.15) is 0 Å². The number of carbonyl (C=O) groups excluding carboxylic acids is 1. The Kier molecular flexibility index (Phi) is 4.85. The lowest BCUT2D eigenvalue weighted by Gasteiger charge is -2.43. The largest absolute Gasteiger partial charge is 0.444 e. The van der Waals surface area contributed by atoms with E-state index in [1.165, 1.54) is 0 Å². The van der Waals surface area contributed by atoms with Crippen molar-refractivity contribution in [1.29, 1.82) is 0 Å². The smallest absolute Gasteiger partial charge is 0.410 e. The van der Waals surface area contributed by atoms with E-state index in [1.807, 2.05) is 20.8 Å². The number of amides is 1. The van der Waals surface area contributed by atoms with Gasteiger partial charge in [0, 0.05) is 0 Å². The Bertz CT molecular complexity index is 316. The highest BCUT2D eigenvalue weighted by molar-refractivity contribution is 5.68. The van der Waals surface area contributed by atoms with Gasteiger partial charge in [0.05, 0.1) is 31.9 Å². The quantitative estimate of drug-likeness (QED) is 0.794. The third-order valence-electron chi connectivity index (χ3n) is 2.99. The fourth-order valence-electron chi connectivity index (χ4n) is 1.89. The lowest BCUT2D eigenvalue weighted by Crippen LogP contribution is -2.55. The summed E-state index contributed by atoms with van der Waals surface area (Å²) in [7, 11) is 0. The highest BCUT2D eigenvalue weighted by Gasteiger charge is 2.37. The van der Waals surface area contributed by atoms with Crippen LogP contribution < -0.4 is 0 Å². The Morgan fingerprint density at radius 3 is 2.26 bits per heavy atom. The van der Waals surface area contributed by atoms with Crippen LogP contribution >= 0.6 is 0 Å². The topological polar surface area (TPSA) is 59.0 Å². The molecule has 0 aliphatic carbocycles. The molecule has 0 aromatic heterocycles. The molecule has 112 valence electrons. The Balaban J connectivity index is 2.75. The molecule has 1 aliphatic heterocycles. The molecule has 19 heavy (non-hydrogen) atoms. The van der Waals surface area contributed by atoms with E-state index in [9.17, 15) is 9.90 Å². The molecule has 1 N–H and O–H groups in total. The van der Waals surface area contributed by atoms with Crippen LogP contribution in [-0.2, 0) is 9.47 Å².